The second-order valence-electron chi connectivity index (χ2n) is 6.89. The molecule has 3 fully saturated rings. The van der Waals surface area contributed by atoms with E-state index in [2.05, 4.69) is 5.32 Å². The first-order valence-electron chi connectivity index (χ1n) is 8.21. The molecule has 1 spiro atoms. The molecule has 2 aliphatic carbocycles. The minimum atomic E-state index is 0.0699. The first-order valence-corrected chi connectivity index (χ1v) is 8.21. The Morgan fingerprint density at radius 2 is 2.05 bits per heavy atom. The van der Waals surface area contributed by atoms with Crippen molar-refractivity contribution in [3.8, 4) is 0 Å². The molecule has 3 aliphatic rings. The molecule has 0 radical (unpaired) electrons. The number of morpholine rings is 1. The maximum atomic E-state index is 6.57. The van der Waals surface area contributed by atoms with Gasteiger partial charge in [0.1, 0.15) is 0 Å². The summed E-state index contributed by atoms with van der Waals surface area (Å²) < 4.78 is 12.1. The van der Waals surface area contributed by atoms with E-state index in [0.717, 1.165) is 25.4 Å². The molecular formula is C16H29NO2. The Morgan fingerprint density at radius 1 is 1.21 bits per heavy atom. The van der Waals surface area contributed by atoms with Gasteiger partial charge in [-0.05, 0) is 31.6 Å². The molecule has 3 unspecified atom stereocenters. The van der Waals surface area contributed by atoms with Crippen molar-refractivity contribution in [1.82, 2.24) is 5.32 Å². The van der Waals surface area contributed by atoms with Crippen molar-refractivity contribution in [3.63, 3.8) is 0 Å². The predicted octanol–water partition coefficient (Wildman–Crippen LogP) is 2.88. The lowest BCUT2D eigenvalue weighted by Gasteiger charge is -2.46. The number of methoxy groups -OCH3 is 1. The van der Waals surface area contributed by atoms with Crippen LogP contribution in [0.5, 0.6) is 0 Å². The smallest absolute Gasteiger partial charge is 0.0835 e. The molecule has 0 amide bonds. The second-order valence-corrected chi connectivity index (χ2v) is 6.89. The average molecular weight is 267 g/mol. The van der Waals surface area contributed by atoms with Crippen LogP contribution < -0.4 is 5.32 Å². The van der Waals surface area contributed by atoms with Gasteiger partial charge in [0.15, 0.2) is 0 Å². The minimum absolute atomic E-state index is 0.0699. The van der Waals surface area contributed by atoms with Crippen LogP contribution in [0.15, 0.2) is 0 Å². The van der Waals surface area contributed by atoms with Gasteiger partial charge < -0.3 is 14.8 Å². The Kier molecular flexibility index (Phi) is 4.45. The van der Waals surface area contributed by atoms with E-state index in [1.54, 1.807) is 0 Å². The van der Waals surface area contributed by atoms with Crippen LogP contribution in [0, 0.1) is 5.92 Å². The van der Waals surface area contributed by atoms with Gasteiger partial charge in [0.05, 0.1) is 17.8 Å². The molecule has 3 heteroatoms. The highest BCUT2D eigenvalue weighted by Crippen LogP contribution is 2.37. The Morgan fingerprint density at radius 3 is 2.84 bits per heavy atom. The SMILES string of the molecule is COC1CCCC2(CNCC(CC3CCCC3)O2)C1. The largest absolute Gasteiger partial charge is 0.381 e. The Hall–Kier alpha value is -0.120. The maximum Gasteiger partial charge on any atom is 0.0835 e. The summed E-state index contributed by atoms with van der Waals surface area (Å²) >= 11 is 0. The lowest BCUT2D eigenvalue weighted by molar-refractivity contribution is -0.159. The van der Waals surface area contributed by atoms with Crippen LogP contribution in [0.4, 0.5) is 0 Å². The molecule has 0 aromatic carbocycles. The van der Waals surface area contributed by atoms with Gasteiger partial charge in [0.25, 0.3) is 0 Å². The summed E-state index contributed by atoms with van der Waals surface area (Å²) in [5.41, 5.74) is 0.0699. The highest BCUT2D eigenvalue weighted by Gasteiger charge is 2.42. The van der Waals surface area contributed by atoms with Crippen LogP contribution in [0.25, 0.3) is 0 Å². The first-order chi connectivity index (χ1) is 9.30. The molecule has 1 heterocycles. The van der Waals surface area contributed by atoms with Crippen LogP contribution in [0.2, 0.25) is 0 Å². The second kappa shape index (κ2) is 6.11. The highest BCUT2D eigenvalue weighted by molar-refractivity contribution is 4.95. The molecule has 3 rings (SSSR count). The fraction of sp³-hybridized carbons (Fsp3) is 1.00. The standard InChI is InChI=1S/C16H29NO2/c1-18-14-7-4-8-16(10-14)12-17-11-15(19-16)9-13-5-2-3-6-13/h13-15,17H,2-12H2,1H3. The van der Waals surface area contributed by atoms with E-state index in [4.69, 9.17) is 9.47 Å². The quantitative estimate of drug-likeness (QED) is 0.853. The van der Waals surface area contributed by atoms with Crippen molar-refractivity contribution in [3.05, 3.63) is 0 Å². The van der Waals surface area contributed by atoms with Gasteiger partial charge in [0, 0.05) is 26.6 Å². The molecule has 3 atom stereocenters. The van der Waals surface area contributed by atoms with Gasteiger partial charge in [-0.2, -0.15) is 0 Å². The molecule has 0 aromatic heterocycles. The van der Waals surface area contributed by atoms with E-state index in [1.807, 2.05) is 7.11 Å². The van der Waals surface area contributed by atoms with Crippen molar-refractivity contribution >= 4 is 0 Å². The molecule has 19 heavy (non-hydrogen) atoms. The number of nitrogens with one attached hydrogen (secondary N) is 1. The number of ether oxygens (including phenoxy) is 2. The molecular weight excluding hydrogens is 238 g/mol. The van der Waals surface area contributed by atoms with E-state index < -0.39 is 0 Å². The minimum Gasteiger partial charge on any atom is -0.381 e. The molecule has 0 bridgehead atoms. The zero-order valence-corrected chi connectivity index (χ0v) is 12.3. The normalized spacial score (nSPS) is 40.9. The fourth-order valence-electron chi connectivity index (χ4n) is 4.39. The van der Waals surface area contributed by atoms with Crippen LogP contribution in [0.3, 0.4) is 0 Å². The molecule has 2 saturated carbocycles. The summed E-state index contributed by atoms with van der Waals surface area (Å²) in [6, 6.07) is 0. The van der Waals surface area contributed by atoms with E-state index in [-0.39, 0.29) is 5.60 Å². The van der Waals surface area contributed by atoms with Crippen molar-refractivity contribution in [2.45, 2.75) is 75.6 Å². The monoisotopic (exact) mass is 267 g/mol. The Bertz CT molecular complexity index is 286. The van der Waals surface area contributed by atoms with Crippen molar-refractivity contribution < 1.29 is 9.47 Å². The van der Waals surface area contributed by atoms with Gasteiger partial charge in [-0.1, -0.05) is 25.7 Å². The van der Waals surface area contributed by atoms with Crippen molar-refractivity contribution in [2.75, 3.05) is 20.2 Å². The molecule has 1 aliphatic heterocycles. The number of hydrogen-bond donors (Lipinski definition) is 1. The highest BCUT2D eigenvalue weighted by atomic mass is 16.5. The van der Waals surface area contributed by atoms with Gasteiger partial charge in [0.2, 0.25) is 0 Å². The maximum absolute atomic E-state index is 6.57. The third kappa shape index (κ3) is 3.32. The molecule has 110 valence electrons. The molecule has 3 nitrogen and oxygen atoms in total. The summed E-state index contributed by atoms with van der Waals surface area (Å²) in [6.07, 6.45) is 12.6. The Balaban J connectivity index is 1.57. The topological polar surface area (TPSA) is 30.5 Å². The summed E-state index contributed by atoms with van der Waals surface area (Å²) in [5, 5.41) is 3.63. The third-order valence-corrected chi connectivity index (χ3v) is 5.40. The zero-order chi connectivity index (χ0) is 13.1. The lowest BCUT2D eigenvalue weighted by atomic mass is 9.81. The first kappa shape index (κ1) is 13.8. The van der Waals surface area contributed by atoms with Gasteiger partial charge in [-0.25, -0.2) is 0 Å². The van der Waals surface area contributed by atoms with E-state index in [9.17, 15) is 0 Å². The molecule has 1 N–H and O–H groups in total. The third-order valence-electron chi connectivity index (χ3n) is 5.40. The summed E-state index contributed by atoms with van der Waals surface area (Å²) in [7, 11) is 1.84. The zero-order valence-electron chi connectivity index (χ0n) is 12.3. The van der Waals surface area contributed by atoms with Gasteiger partial charge >= 0.3 is 0 Å². The number of hydrogen-bond acceptors (Lipinski definition) is 3. The van der Waals surface area contributed by atoms with Crippen LogP contribution >= 0.6 is 0 Å². The van der Waals surface area contributed by atoms with E-state index in [1.165, 1.54) is 51.4 Å². The Labute approximate surface area is 117 Å². The van der Waals surface area contributed by atoms with Crippen LogP contribution in [-0.4, -0.2) is 38.0 Å². The predicted molar refractivity (Wildman–Crippen MR) is 76.3 cm³/mol. The lowest BCUT2D eigenvalue weighted by Crippen LogP contribution is -2.56. The summed E-state index contributed by atoms with van der Waals surface area (Å²) in [4.78, 5) is 0. The van der Waals surface area contributed by atoms with Crippen molar-refractivity contribution in [1.29, 1.82) is 0 Å². The van der Waals surface area contributed by atoms with E-state index >= 15 is 0 Å². The molecule has 0 aromatic rings. The summed E-state index contributed by atoms with van der Waals surface area (Å²) in [6.45, 7) is 2.07. The van der Waals surface area contributed by atoms with Crippen LogP contribution in [-0.2, 0) is 9.47 Å². The van der Waals surface area contributed by atoms with Gasteiger partial charge in [-0.3, -0.25) is 0 Å². The van der Waals surface area contributed by atoms with E-state index in [0.29, 0.717) is 12.2 Å². The number of rotatable bonds is 3. The van der Waals surface area contributed by atoms with Crippen molar-refractivity contribution in [2.24, 2.45) is 5.92 Å². The summed E-state index contributed by atoms with van der Waals surface area (Å²) in [5.74, 6) is 0.920. The average Bonchev–Trinajstić information content (AvgIpc) is 2.92. The van der Waals surface area contributed by atoms with Gasteiger partial charge in [-0.15, -0.1) is 0 Å². The van der Waals surface area contributed by atoms with Crippen LogP contribution in [0.1, 0.15) is 57.8 Å². The molecule has 1 saturated heterocycles. The fourth-order valence-corrected chi connectivity index (χ4v) is 4.39.